The van der Waals surface area contributed by atoms with Gasteiger partial charge in [-0.15, -0.1) is 0 Å². The molecule has 2 aromatic carbocycles. The first-order valence-electron chi connectivity index (χ1n) is 7.81. The molecule has 0 aliphatic rings. The van der Waals surface area contributed by atoms with Crippen LogP contribution < -0.4 is 20.5 Å². The van der Waals surface area contributed by atoms with Crippen molar-refractivity contribution in [3.63, 3.8) is 0 Å². The Kier molecular flexibility index (Phi) is 7.29. The van der Waals surface area contributed by atoms with Crippen LogP contribution in [0.25, 0.3) is 0 Å². The van der Waals surface area contributed by atoms with Gasteiger partial charge in [0.25, 0.3) is 0 Å². The number of thiocarbonyl (C=S) groups is 1. The van der Waals surface area contributed by atoms with Crippen LogP contribution >= 0.6 is 12.2 Å². The van der Waals surface area contributed by atoms with Crippen molar-refractivity contribution in [3.05, 3.63) is 54.3 Å². The van der Waals surface area contributed by atoms with Gasteiger partial charge in [-0.2, -0.15) is 0 Å². The largest absolute Gasteiger partial charge is 0.494 e. The number of hydrogen-bond acceptors (Lipinski definition) is 3. The molecule has 24 heavy (non-hydrogen) atoms. The predicted octanol–water partition coefficient (Wildman–Crippen LogP) is 4.11. The van der Waals surface area contributed by atoms with Crippen molar-refractivity contribution >= 4 is 23.0 Å². The molecule has 3 N–H and O–H groups in total. The summed E-state index contributed by atoms with van der Waals surface area (Å²) in [4.78, 5) is 0. The molecule has 0 amide bonds. The van der Waals surface area contributed by atoms with Crippen LogP contribution in [0.5, 0.6) is 11.5 Å². The maximum atomic E-state index is 12.8. The Morgan fingerprint density at radius 3 is 2.29 bits per heavy atom. The molecular weight excluding hydrogens is 327 g/mol. The molecule has 0 atom stereocenters. The second-order valence-corrected chi connectivity index (χ2v) is 5.67. The zero-order chi connectivity index (χ0) is 17.2. The van der Waals surface area contributed by atoms with Crippen LogP contribution in [0.3, 0.4) is 0 Å². The van der Waals surface area contributed by atoms with Crippen molar-refractivity contribution in [2.45, 2.75) is 19.3 Å². The van der Waals surface area contributed by atoms with Crippen LogP contribution in [-0.4, -0.2) is 18.3 Å². The summed E-state index contributed by atoms with van der Waals surface area (Å²) < 4.78 is 24.0. The monoisotopic (exact) mass is 348 g/mol. The smallest absolute Gasteiger partial charge is 0.168 e. The maximum absolute atomic E-state index is 12.8. The van der Waals surface area contributed by atoms with E-state index in [9.17, 15) is 4.39 Å². The standard InChI is InChI=1S/C18H21FN2O2S/c19-14-7-9-16(10-8-14)22-11-2-1-3-12-23-17-6-4-5-15(13-17)21-18(20)24/h4-10,13H,1-3,11-12H2,(H3,20,21,24). The minimum Gasteiger partial charge on any atom is -0.494 e. The van der Waals surface area contributed by atoms with Gasteiger partial charge in [-0.05, 0) is 67.9 Å². The molecule has 0 aliphatic heterocycles. The summed E-state index contributed by atoms with van der Waals surface area (Å²) in [7, 11) is 0. The molecular formula is C18H21FN2O2S. The van der Waals surface area contributed by atoms with Gasteiger partial charge in [0.05, 0.1) is 13.2 Å². The number of anilines is 1. The van der Waals surface area contributed by atoms with Crippen molar-refractivity contribution in [1.82, 2.24) is 0 Å². The minimum absolute atomic E-state index is 0.230. The van der Waals surface area contributed by atoms with E-state index in [4.69, 9.17) is 27.4 Å². The van der Waals surface area contributed by atoms with Crippen LogP contribution in [-0.2, 0) is 0 Å². The van der Waals surface area contributed by atoms with Gasteiger partial charge >= 0.3 is 0 Å². The second-order valence-electron chi connectivity index (χ2n) is 5.23. The van der Waals surface area contributed by atoms with E-state index in [-0.39, 0.29) is 10.9 Å². The van der Waals surface area contributed by atoms with Gasteiger partial charge < -0.3 is 20.5 Å². The van der Waals surface area contributed by atoms with E-state index in [1.54, 1.807) is 12.1 Å². The van der Waals surface area contributed by atoms with E-state index >= 15 is 0 Å². The SMILES string of the molecule is NC(=S)Nc1cccc(OCCCCCOc2ccc(F)cc2)c1. The molecule has 0 bridgehead atoms. The lowest BCUT2D eigenvalue weighted by atomic mass is 10.2. The van der Waals surface area contributed by atoms with E-state index in [1.165, 1.54) is 12.1 Å². The lowest BCUT2D eigenvalue weighted by Crippen LogP contribution is -2.18. The molecule has 0 aliphatic carbocycles. The first-order chi connectivity index (χ1) is 11.6. The maximum Gasteiger partial charge on any atom is 0.168 e. The number of halogens is 1. The third-order valence-electron chi connectivity index (χ3n) is 3.24. The molecule has 0 saturated carbocycles. The number of hydrogen-bond donors (Lipinski definition) is 2. The van der Waals surface area contributed by atoms with Crippen molar-refractivity contribution < 1.29 is 13.9 Å². The summed E-state index contributed by atoms with van der Waals surface area (Å²) in [5, 5.41) is 3.10. The van der Waals surface area contributed by atoms with Crippen LogP contribution in [0.4, 0.5) is 10.1 Å². The summed E-state index contributed by atoms with van der Waals surface area (Å²) in [6, 6.07) is 13.6. The third kappa shape index (κ3) is 6.83. The normalized spacial score (nSPS) is 10.2. The summed E-state index contributed by atoms with van der Waals surface area (Å²) in [6.45, 7) is 1.24. The second kappa shape index (κ2) is 9.72. The fraction of sp³-hybridized carbons (Fsp3) is 0.278. The van der Waals surface area contributed by atoms with Gasteiger partial charge in [0.2, 0.25) is 0 Å². The molecule has 0 radical (unpaired) electrons. The fourth-order valence-corrected chi connectivity index (χ4v) is 2.22. The molecule has 4 nitrogen and oxygen atoms in total. The Bertz CT molecular complexity index is 650. The fourth-order valence-electron chi connectivity index (χ4n) is 2.10. The van der Waals surface area contributed by atoms with Crippen molar-refractivity contribution in [3.8, 4) is 11.5 Å². The van der Waals surface area contributed by atoms with Crippen molar-refractivity contribution in [1.29, 1.82) is 0 Å². The van der Waals surface area contributed by atoms with Gasteiger partial charge in [0, 0.05) is 11.8 Å². The highest BCUT2D eigenvalue weighted by Gasteiger charge is 1.99. The van der Waals surface area contributed by atoms with Gasteiger partial charge in [-0.1, -0.05) is 6.07 Å². The first-order valence-corrected chi connectivity index (χ1v) is 8.22. The van der Waals surface area contributed by atoms with Crippen molar-refractivity contribution in [2.24, 2.45) is 5.73 Å². The highest BCUT2D eigenvalue weighted by atomic mass is 32.1. The molecule has 0 unspecified atom stereocenters. The number of ether oxygens (including phenoxy) is 2. The van der Waals surface area contributed by atoms with Gasteiger partial charge in [0.15, 0.2) is 5.11 Å². The zero-order valence-corrected chi connectivity index (χ0v) is 14.2. The molecule has 128 valence electrons. The Hall–Kier alpha value is -2.34. The van der Waals surface area contributed by atoms with Crippen molar-refractivity contribution in [2.75, 3.05) is 18.5 Å². The molecule has 6 heteroatoms. The first kappa shape index (κ1) is 18.0. The third-order valence-corrected chi connectivity index (χ3v) is 3.34. The van der Waals surface area contributed by atoms with E-state index in [1.807, 2.05) is 24.3 Å². The lowest BCUT2D eigenvalue weighted by molar-refractivity contribution is 0.279. The number of unbranched alkanes of at least 4 members (excludes halogenated alkanes) is 2. The molecule has 2 rings (SSSR count). The number of rotatable bonds is 9. The van der Waals surface area contributed by atoms with Gasteiger partial charge in [0.1, 0.15) is 17.3 Å². The highest BCUT2D eigenvalue weighted by molar-refractivity contribution is 7.80. The quantitative estimate of drug-likeness (QED) is 0.528. The van der Waals surface area contributed by atoms with Crippen LogP contribution in [0, 0.1) is 5.82 Å². The topological polar surface area (TPSA) is 56.5 Å². The van der Waals surface area contributed by atoms with E-state index in [0.717, 1.165) is 30.7 Å². The Labute approximate surface area is 146 Å². The molecule has 0 fully saturated rings. The van der Waals surface area contributed by atoms with Gasteiger partial charge in [-0.25, -0.2) is 4.39 Å². The highest BCUT2D eigenvalue weighted by Crippen LogP contribution is 2.17. The molecule has 0 spiro atoms. The lowest BCUT2D eigenvalue weighted by Gasteiger charge is -2.09. The summed E-state index contributed by atoms with van der Waals surface area (Å²) >= 11 is 4.80. The number of benzene rings is 2. The number of nitrogens with two attached hydrogens (primary N) is 1. The molecule has 0 aromatic heterocycles. The van der Waals surface area contributed by atoms with E-state index in [2.05, 4.69) is 5.32 Å². The average Bonchev–Trinajstić information content (AvgIpc) is 2.55. The summed E-state index contributed by atoms with van der Waals surface area (Å²) in [5.74, 6) is 1.21. The van der Waals surface area contributed by atoms with Crippen LogP contribution in [0.1, 0.15) is 19.3 Å². The Morgan fingerprint density at radius 2 is 1.62 bits per heavy atom. The van der Waals surface area contributed by atoms with E-state index < -0.39 is 0 Å². The Balaban J connectivity index is 1.58. The van der Waals surface area contributed by atoms with Gasteiger partial charge in [-0.3, -0.25) is 0 Å². The summed E-state index contributed by atoms with van der Waals surface area (Å²) in [5.41, 5.74) is 6.25. The predicted molar refractivity (Wildman–Crippen MR) is 98.1 cm³/mol. The number of nitrogens with one attached hydrogen (secondary N) is 1. The van der Waals surface area contributed by atoms with E-state index in [0.29, 0.717) is 19.0 Å². The minimum atomic E-state index is -0.257. The zero-order valence-electron chi connectivity index (χ0n) is 13.3. The molecule has 2 aromatic rings. The summed E-state index contributed by atoms with van der Waals surface area (Å²) in [6.07, 6.45) is 2.84. The average molecular weight is 348 g/mol. The molecule has 0 saturated heterocycles. The van der Waals surface area contributed by atoms with Crippen LogP contribution in [0.2, 0.25) is 0 Å². The molecule has 0 heterocycles. The Morgan fingerprint density at radius 1 is 0.958 bits per heavy atom. The van der Waals surface area contributed by atoms with Crippen LogP contribution in [0.15, 0.2) is 48.5 Å².